The quantitative estimate of drug-likeness (QED) is 0.128. The molecular weight excluding hydrogens is 490 g/mol. The smallest absolute Gasteiger partial charge is 0.307 e. The third-order valence-electron chi connectivity index (χ3n) is 6.71. The normalized spacial score (nSPS) is 11.3. The summed E-state index contributed by atoms with van der Waals surface area (Å²) in [6, 6.07) is 24.4. The lowest BCUT2D eigenvalue weighted by Crippen LogP contribution is -2.00. The Labute approximate surface area is 229 Å². The first-order chi connectivity index (χ1) is 19.0. The molecule has 0 bridgehead atoms. The number of nitrogens with zero attached hydrogens (tertiary/aromatic N) is 1. The Kier molecular flexibility index (Phi) is 9.95. The summed E-state index contributed by atoms with van der Waals surface area (Å²) in [4.78, 5) is 22.4. The molecule has 4 aromatic rings. The summed E-state index contributed by atoms with van der Waals surface area (Å²) in [5.41, 5.74) is 5.04. The SMILES string of the molecule is O=C(O)CCCCn1cc(CC(=O)O)c2c(/C=C/c3ccc(OCCCCc4ccccc4)cc3)cccc21. The number of benzene rings is 3. The van der Waals surface area contributed by atoms with Crippen LogP contribution in [0.1, 0.15) is 54.4 Å². The lowest BCUT2D eigenvalue weighted by atomic mass is 10.0. The largest absolute Gasteiger partial charge is 0.494 e. The first-order valence-electron chi connectivity index (χ1n) is 13.5. The molecule has 202 valence electrons. The number of hydrogen-bond acceptors (Lipinski definition) is 3. The fraction of sp³-hybridized carbons (Fsp3) is 0.273. The highest BCUT2D eigenvalue weighted by molar-refractivity contribution is 5.96. The van der Waals surface area contributed by atoms with Gasteiger partial charge >= 0.3 is 11.9 Å². The lowest BCUT2D eigenvalue weighted by molar-refractivity contribution is -0.137. The minimum Gasteiger partial charge on any atom is -0.494 e. The van der Waals surface area contributed by atoms with E-state index in [2.05, 4.69) is 24.3 Å². The van der Waals surface area contributed by atoms with E-state index in [4.69, 9.17) is 9.84 Å². The van der Waals surface area contributed by atoms with Gasteiger partial charge in [0.15, 0.2) is 0 Å². The average Bonchev–Trinajstić information content (AvgIpc) is 3.28. The number of carbonyl (C=O) groups is 2. The predicted octanol–water partition coefficient (Wildman–Crippen LogP) is 7.10. The van der Waals surface area contributed by atoms with E-state index in [1.807, 2.05) is 71.4 Å². The molecule has 0 aliphatic heterocycles. The zero-order chi connectivity index (χ0) is 27.5. The number of aliphatic carboxylic acids is 2. The van der Waals surface area contributed by atoms with Gasteiger partial charge in [0.25, 0.3) is 0 Å². The monoisotopic (exact) mass is 525 g/mol. The van der Waals surface area contributed by atoms with Gasteiger partial charge in [0.05, 0.1) is 13.0 Å². The molecule has 1 heterocycles. The topological polar surface area (TPSA) is 88.8 Å². The average molecular weight is 526 g/mol. The van der Waals surface area contributed by atoms with E-state index in [0.717, 1.165) is 52.6 Å². The molecule has 0 radical (unpaired) electrons. The molecule has 0 aliphatic rings. The van der Waals surface area contributed by atoms with Crippen molar-refractivity contribution >= 4 is 35.0 Å². The van der Waals surface area contributed by atoms with Crippen LogP contribution in [0.25, 0.3) is 23.1 Å². The molecule has 0 saturated carbocycles. The second kappa shape index (κ2) is 14.0. The van der Waals surface area contributed by atoms with Crippen LogP contribution in [0.2, 0.25) is 0 Å². The van der Waals surface area contributed by atoms with Gasteiger partial charge in [-0.15, -0.1) is 0 Å². The van der Waals surface area contributed by atoms with E-state index < -0.39 is 11.9 Å². The van der Waals surface area contributed by atoms with Gasteiger partial charge in [0.1, 0.15) is 5.75 Å². The van der Waals surface area contributed by atoms with E-state index >= 15 is 0 Å². The Hall–Kier alpha value is -4.32. The molecule has 0 fully saturated rings. The van der Waals surface area contributed by atoms with Crippen molar-refractivity contribution in [2.45, 2.75) is 51.5 Å². The number of carboxylic acids is 2. The van der Waals surface area contributed by atoms with Crippen LogP contribution in [0.5, 0.6) is 5.75 Å². The second-order valence-corrected chi connectivity index (χ2v) is 9.70. The summed E-state index contributed by atoms with van der Waals surface area (Å²) in [7, 11) is 0. The number of unbranched alkanes of at least 4 members (excludes halogenated alkanes) is 2. The minimum atomic E-state index is -0.880. The number of aromatic nitrogens is 1. The highest BCUT2D eigenvalue weighted by Crippen LogP contribution is 2.28. The summed E-state index contributed by atoms with van der Waals surface area (Å²) in [6.07, 6.45) is 10.4. The maximum Gasteiger partial charge on any atom is 0.307 e. The Morgan fingerprint density at radius 2 is 1.59 bits per heavy atom. The molecule has 0 saturated heterocycles. The van der Waals surface area contributed by atoms with Gasteiger partial charge in [-0.3, -0.25) is 9.59 Å². The Morgan fingerprint density at radius 1 is 0.795 bits per heavy atom. The summed E-state index contributed by atoms with van der Waals surface area (Å²) in [5.74, 6) is -0.836. The molecular formula is C33H35NO5. The van der Waals surface area contributed by atoms with Crippen LogP contribution >= 0.6 is 0 Å². The summed E-state index contributed by atoms with van der Waals surface area (Å²) in [6.45, 7) is 1.33. The predicted molar refractivity (Wildman–Crippen MR) is 155 cm³/mol. The van der Waals surface area contributed by atoms with Crippen LogP contribution in [0.3, 0.4) is 0 Å². The van der Waals surface area contributed by atoms with Crippen LogP contribution in [0, 0.1) is 0 Å². The van der Waals surface area contributed by atoms with Crippen molar-refractivity contribution in [2.24, 2.45) is 0 Å². The molecule has 2 N–H and O–H groups in total. The van der Waals surface area contributed by atoms with Crippen LogP contribution in [-0.4, -0.2) is 33.3 Å². The molecule has 6 heteroatoms. The fourth-order valence-electron chi connectivity index (χ4n) is 4.78. The zero-order valence-electron chi connectivity index (χ0n) is 22.1. The molecule has 0 amide bonds. The number of carboxylic acid groups (broad SMARTS) is 2. The van der Waals surface area contributed by atoms with Gasteiger partial charge in [0, 0.05) is 30.1 Å². The number of fused-ring (bicyclic) bond motifs is 1. The van der Waals surface area contributed by atoms with E-state index in [1.165, 1.54) is 5.56 Å². The van der Waals surface area contributed by atoms with Crippen molar-refractivity contribution in [1.82, 2.24) is 4.57 Å². The number of rotatable bonds is 15. The highest BCUT2D eigenvalue weighted by atomic mass is 16.5. The van der Waals surface area contributed by atoms with Gasteiger partial charge in [0.2, 0.25) is 0 Å². The first kappa shape index (κ1) is 27.7. The van der Waals surface area contributed by atoms with Crippen LogP contribution in [0.4, 0.5) is 0 Å². The maximum absolute atomic E-state index is 11.6. The second-order valence-electron chi connectivity index (χ2n) is 9.70. The van der Waals surface area contributed by atoms with Gasteiger partial charge in [-0.1, -0.05) is 66.7 Å². The van der Waals surface area contributed by atoms with Crippen LogP contribution in [-0.2, 0) is 29.0 Å². The van der Waals surface area contributed by atoms with Gasteiger partial charge < -0.3 is 19.5 Å². The molecule has 0 unspecified atom stereocenters. The molecule has 0 spiro atoms. The van der Waals surface area contributed by atoms with Crippen LogP contribution in [0.15, 0.2) is 79.0 Å². The third-order valence-corrected chi connectivity index (χ3v) is 6.71. The van der Waals surface area contributed by atoms with E-state index in [9.17, 15) is 14.7 Å². The summed E-state index contributed by atoms with van der Waals surface area (Å²) < 4.78 is 7.95. The lowest BCUT2D eigenvalue weighted by Gasteiger charge is -2.07. The number of aryl methyl sites for hydroxylation is 2. The van der Waals surface area contributed by atoms with Gasteiger partial charge in [-0.2, -0.15) is 0 Å². The van der Waals surface area contributed by atoms with Crippen molar-refractivity contribution in [2.75, 3.05) is 6.61 Å². The highest BCUT2D eigenvalue weighted by Gasteiger charge is 2.14. The summed E-state index contributed by atoms with van der Waals surface area (Å²) >= 11 is 0. The first-order valence-corrected chi connectivity index (χ1v) is 13.5. The van der Waals surface area contributed by atoms with Crippen molar-refractivity contribution < 1.29 is 24.5 Å². The van der Waals surface area contributed by atoms with Crippen molar-refractivity contribution in [3.63, 3.8) is 0 Å². The van der Waals surface area contributed by atoms with Gasteiger partial charge in [-0.05, 0) is 72.6 Å². The fourth-order valence-corrected chi connectivity index (χ4v) is 4.78. The third kappa shape index (κ3) is 8.34. The number of ether oxygens (including phenoxy) is 1. The standard InChI is InChI=1S/C33H35NO5/c35-31(36)14-4-6-21-34-24-28(23-32(37)38)33-27(12-8-13-30(33)34)18-15-26-16-19-29(20-17-26)39-22-7-5-11-25-9-2-1-3-10-25/h1-3,8-10,12-13,15-20,24H,4-7,11,14,21-23H2,(H,35,36)(H,37,38)/b18-15+. The van der Waals surface area contributed by atoms with E-state index in [1.54, 1.807) is 0 Å². The molecule has 3 aromatic carbocycles. The zero-order valence-corrected chi connectivity index (χ0v) is 22.1. The maximum atomic E-state index is 11.6. The molecule has 4 rings (SSSR count). The van der Waals surface area contributed by atoms with Crippen molar-refractivity contribution in [3.8, 4) is 5.75 Å². The Morgan fingerprint density at radius 3 is 2.33 bits per heavy atom. The van der Waals surface area contributed by atoms with E-state index in [0.29, 0.717) is 26.0 Å². The summed E-state index contributed by atoms with van der Waals surface area (Å²) in [5, 5.41) is 19.3. The molecule has 1 aromatic heterocycles. The van der Waals surface area contributed by atoms with Gasteiger partial charge in [-0.25, -0.2) is 0 Å². The molecule has 39 heavy (non-hydrogen) atoms. The van der Waals surface area contributed by atoms with E-state index in [-0.39, 0.29) is 12.8 Å². The molecule has 0 aliphatic carbocycles. The Balaban J connectivity index is 1.39. The van der Waals surface area contributed by atoms with Crippen molar-refractivity contribution in [1.29, 1.82) is 0 Å². The number of hydrogen-bond donors (Lipinski definition) is 2. The minimum absolute atomic E-state index is 0.0686. The Bertz CT molecular complexity index is 1400. The molecule has 0 atom stereocenters. The van der Waals surface area contributed by atoms with Crippen molar-refractivity contribution in [3.05, 3.63) is 101 Å². The molecule has 6 nitrogen and oxygen atoms in total. The van der Waals surface area contributed by atoms with Crippen LogP contribution < -0.4 is 4.74 Å².